The quantitative estimate of drug-likeness (QED) is 0.331. The second-order valence-corrected chi connectivity index (χ2v) is 9.37. The van der Waals surface area contributed by atoms with Gasteiger partial charge in [-0.3, -0.25) is 4.55 Å². The number of rotatable bonds is 4. The number of nitrogens with zero attached hydrogens (tertiary/aromatic N) is 2. The van der Waals surface area contributed by atoms with E-state index in [-0.39, 0.29) is 21.4 Å². The third-order valence-corrected chi connectivity index (χ3v) is 5.84. The van der Waals surface area contributed by atoms with Gasteiger partial charge in [-0.05, 0) is 35.7 Å². The zero-order chi connectivity index (χ0) is 20.7. The van der Waals surface area contributed by atoms with Gasteiger partial charge in [0.2, 0.25) is 0 Å². The lowest BCUT2D eigenvalue weighted by Crippen LogP contribution is -2.02. The summed E-state index contributed by atoms with van der Waals surface area (Å²) in [7, 11) is -8.47. The summed E-state index contributed by atoms with van der Waals surface area (Å²) in [6.45, 7) is 0. The number of aromatic hydroxyl groups is 1. The van der Waals surface area contributed by atoms with E-state index in [2.05, 4.69) is 10.2 Å². The minimum absolute atomic E-state index is 0.00390. The summed E-state index contributed by atoms with van der Waals surface area (Å²) < 4.78 is 56.8. The molecule has 28 heavy (non-hydrogen) atoms. The summed E-state index contributed by atoms with van der Waals surface area (Å²) in [6, 6.07) is 11.6. The molecular weight excluding hydrogens is 406 g/mol. The van der Waals surface area contributed by atoms with Crippen molar-refractivity contribution in [2.24, 2.45) is 10.2 Å². The van der Waals surface area contributed by atoms with E-state index in [9.17, 15) is 26.5 Å². The van der Waals surface area contributed by atoms with Crippen LogP contribution in [0.2, 0.25) is 0 Å². The third-order valence-electron chi connectivity index (χ3n) is 3.88. The predicted octanol–water partition coefficient (Wildman–Crippen LogP) is 3.19. The number of hydrogen-bond donors (Lipinski definition) is 3. The van der Waals surface area contributed by atoms with E-state index in [1.54, 1.807) is 30.3 Å². The molecule has 0 radical (unpaired) electrons. The Labute approximate surface area is 160 Å². The molecule has 3 aromatic rings. The molecule has 0 amide bonds. The topological polar surface area (TPSA) is 159 Å². The third kappa shape index (κ3) is 3.81. The van der Waals surface area contributed by atoms with E-state index in [1.165, 1.54) is 0 Å². The maximum absolute atomic E-state index is 11.8. The van der Waals surface area contributed by atoms with E-state index >= 15 is 0 Å². The number of nitrogens with two attached hydrogens (primary N) is 1. The van der Waals surface area contributed by atoms with Gasteiger partial charge in [0.15, 0.2) is 15.6 Å². The first-order chi connectivity index (χ1) is 13.0. The average Bonchev–Trinajstić information content (AvgIpc) is 2.59. The monoisotopic (exact) mass is 421 g/mol. The van der Waals surface area contributed by atoms with Gasteiger partial charge in [0.25, 0.3) is 10.1 Å². The molecule has 0 saturated carbocycles. The zero-order valence-corrected chi connectivity index (χ0v) is 16.1. The highest BCUT2D eigenvalue weighted by Crippen LogP contribution is 2.44. The molecule has 0 saturated heterocycles. The number of anilines is 1. The van der Waals surface area contributed by atoms with E-state index in [0.717, 1.165) is 24.5 Å². The van der Waals surface area contributed by atoms with Gasteiger partial charge in [-0.15, -0.1) is 5.11 Å². The van der Waals surface area contributed by atoms with Crippen molar-refractivity contribution in [1.82, 2.24) is 0 Å². The number of benzene rings is 3. The number of phenols is 1. The fourth-order valence-electron chi connectivity index (χ4n) is 2.60. The van der Waals surface area contributed by atoms with Crippen LogP contribution in [0.1, 0.15) is 0 Å². The van der Waals surface area contributed by atoms with Crippen LogP contribution in [0.3, 0.4) is 0 Å². The number of hydrogen-bond acceptors (Lipinski definition) is 8. The molecule has 0 bridgehead atoms. The van der Waals surface area contributed by atoms with Gasteiger partial charge in [0.05, 0.1) is 10.6 Å². The average molecular weight is 421 g/mol. The number of phenolic OH excluding ortho intramolecular Hbond substituents is 1. The largest absolute Gasteiger partial charge is 0.505 e. The number of sulfone groups is 1. The normalized spacial score (nSPS) is 12.6. The molecule has 146 valence electrons. The number of azo groups is 1. The van der Waals surface area contributed by atoms with Crippen molar-refractivity contribution in [1.29, 1.82) is 0 Å². The summed E-state index contributed by atoms with van der Waals surface area (Å²) in [4.78, 5) is -0.904. The summed E-state index contributed by atoms with van der Waals surface area (Å²) in [6.07, 6.45) is 0.958. The minimum Gasteiger partial charge on any atom is -0.505 e. The first kappa shape index (κ1) is 19.7. The number of nitrogen functional groups attached to an aromatic ring is 1. The van der Waals surface area contributed by atoms with Crippen LogP contribution in [0.5, 0.6) is 5.75 Å². The Morgan fingerprint density at radius 1 is 0.964 bits per heavy atom. The Kier molecular flexibility index (Phi) is 4.83. The minimum atomic E-state index is -4.82. The summed E-state index contributed by atoms with van der Waals surface area (Å²) >= 11 is 0. The summed E-state index contributed by atoms with van der Waals surface area (Å²) in [5, 5.41) is 18.2. The molecule has 11 heteroatoms. The molecule has 3 rings (SSSR count). The van der Waals surface area contributed by atoms with Crippen molar-refractivity contribution < 1.29 is 26.5 Å². The lowest BCUT2D eigenvalue weighted by molar-refractivity contribution is 0.472. The van der Waals surface area contributed by atoms with E-state index in [0.29, 0.717) is 5.69 Å². The molecule has 0 atom stereocenters. The van der Waals surface area contributed by atoms with Gasteiger partial charge < -0.3 is 10.8 Å². The van der Waals surface area contributed by atoms with Crippen LogP contribution < -0.4 is 5.73 Å². The highest BCUT2D eigenvalue weighted by atomic mass is 32.2. The van der Waals surface area contributed by atoms with Crippen LogP contribution in [0.4, 0.5) is 17.1 Å². The van der Waals surface area contributed by atoms with Crippen molar-refractivity contribution in [3.63, 3.8) is 0 Å². The molecule has 0 aliphatic rings. The maximum Gasteiger partial charge on any atom is 0.296 e. The molecule has 0 fully saturated rings. The fraction of sp³-hybridized carbons (Fsp3) is 0.0588. The smallest absolute Gasteiger partial charge is 0.296 e. The Morgan fingerprint density at radius 3 is 2.18 bits per heavy atom. The summed E-state index contributed by atoms with van der Waals surface area (Å²) in [5.74, 6) is -0.651. The van der Waals surface area contributed by atoms with E-state index in [4.69, 9.17) is 5.73 Å². The first-order valence-corrected chi connectivity index (χ1v) is 11.0. The highest BCUT2D eigenvalue weighted by molar-refractivity contribution is 7.90. The van der Waals surface area contributed by atoms with Crippen molar-refractivity contribution in [3.8, 4) is 5.75 Å². The zero-order valence-electron chi connectivity index (χ0n) is 14.4. The van der Waals surface area contributed by atoms with Crippen LogP contribution in [-0.2, 0) is 20.0 Å². The molecular formula is C17H15N3O6S2. The SMILES string of the molecule is CS(=O)(=O)c1cc(N)c2c(O)c(N=Nc3ccccc3)c(S(=O)(=O)O)cc2c1. The van der Waals surface area contributed by atoms with E-state index in [1.807, 2.05) is 0 Å². The standard InChI is InChI=1S/C17H15N3O6S2/c1-27(22,23)12-7-10-8-14(28(24,25)26)16(17(21)15(10)13(18)9-12)20-19-11-5-3-2-4-6-11/h2-9,21H,18H2,1H3,(H,24,25,26). The van der Waals surface area contributed by atoms with Gasteiger partial charge in [-0.1, -0.05) is 18.2 Å². The van der Waals surface area contributed by atoms with Crippen molar-refractivity contribution in [2.45, 2.75) is 9.79 Å². The molecule has 3 aromatic carbocycles. The Balaban J connectivity index is 2.36. The molecule has 9 nitrogen and oxygen atoms in total. The lowest BCUT2D eigenvalue weighted by atomic mass is 10.1. The molecule has 4 N–H and O–H groups in total. The molecule has 0 aromatic heterocycles. The van der Waals surface area contributed by atoms with Gasteiger partial charge in [0.1, 0.15) is 10.6 Å². The van der Waals surface area contributed by atoms with Crippen LogP contribution in [0, 0.1) is 0 Å². The maximum atomic E-state index is 11.8. The van der Waals surface area contributed by atoms with Crippen LogP contribution in [0.25, 0.3) is 10.8 Å². The molecule has 0 aliphatic heterocycles. The van der Waals surface area contributed by atoms with Crippen molar-refractivity contribution in [2.75, 3.05) is 12.0 Å². The van der Waals surface area contributed by atoms with Gasteiger partial charge in [-0.25, -0.2) is 8.42 Å². The van der Waals surface area contributed by atoms with Crippen LogP contribution >= 0.6 is 0 Å². The molecule has 0 aliphatic carbocycles. The van der Waals surface area contributed by atoms with Gasteiger partial charge in [0, 0.05) is 17.3 Å². The van der Waals surface area contributed by atoms with Crippen molar-refractivity contribution >= 4 is 47.8 Å². The van der Waals surface area contributed by atoms with Crippen LogP contribution in [0.15, 0.2) is 68.6 Å². The fourth-order valence-corrected chi connectivity index (χ4v) is 3.94. The van der Waals surface area contributed by atoms with Crippen molar-refractivity contribution in [3.05, 3.63) is 48.5 Å². The van der Waals surface area contributed by atoms with Gasteiger partial charge >= 0.3 is 0 Å². The Morgan fingerprint density at radius 2 is 1.61 bits per heavy atom. The molecule has 0 heterocycles. The number of fused-ring (bicyclic) bond motifs is 1. The summed E-state index contributed by atoms with van der Waals surface area (Å²) in [5.41, 5.74) is 5.64. The Bertz CT molecular complexity index is 1320. The molecule has 0 unspecified atom stereocenters. The second kappa shape index (κ2) is 6.86. The van der Waals surface area contributed by atoms with Crippen LogP contribution in [-0.4, -0.2) is 32.8 Å². The first-order valence-electron chi connectivity index (χ1n) is 7.72. The second-order valence-electron chi connectivity index (χ2n) is 5.97. The van der Waals surface area contributed by atoms with E-state index < -0.39 is 36.3 Å². The predicted molar refractivity (Wildman–Crippen MR) is 104 cm³/mol. The molecule has 0 spiro atoms. The Hall–Kier alpha value is -3.02. The van der Waals surface area contributed by atoms with Gasteiger partial charge in [-0.2, -0.15) is 13.5 Å². The highest BCUT2D eigenvalue weighted by Gasteiger charge is 2.24. The lowest BCUT2D eigenvalue weighted by Gasteiger charge is -2.12.